The molecule has 0 amide bonds. The van der Waals surface area contributed by atoms with Crippen LogP contribution in [-0.2, 0) is 65.4 Å². The number of carbonyl (C=O) groups excluding carboxylic acids is 4. The molecule has 0 aliphatic carbocycles. The number of aliphatic hydroxyl groups is 1. The van der Waals surface area contributed by atoms with E-state index in [2.05, 4.69) is 55.4 Å². The molecule has 0 saturated heterocycles. The molecule has 0 radical (unpaired) electrons. The van der Waals surface area contributed by atoms with Crippen LogP contribution in [-0.4, -0.2) is 96.7 Å². The smallest absolute Gasteiger partial charge is 0.462 e. The van der Waals surface area contributed by atoms with Crippen LogP contribution in [0.25, 0.3) is 0 Å². The minimum atomic E-state index is -4.95. The van der Waals surface area contributed by atoms with Crippen molar-refractivity contribution in [3.8, 4) is 0 Å². The normalized spacial score (nSPS) is 14.5. The number of ether oxygens (including phenoxy) is 4. The molecule has 0 aliphatic rings. The van der Waals surface area contributed by atoms with E-state index in [4.69, 9.17) is 37.0 Å². The van der Waals surface area contributed by atoms with Gasteiger partial charge in [0.2, 0.25) is 0 Å². The lowest BCUT2D eigenvalue weighted by Gasteiger charge is -2.21. The van der Waals surface area contributed by atoms with Crippen molar-refractivity contribution in [1.29, 1.82) is 0 Å². The Morgan fingerprint density at radius 1 is 0.304 bits per heavy atom. The molecule has 19 heteroatoms. The van der Waals surface area contributed by atoms with Gasteiger partial charge in [0.05, 0.1) is 26.4 Å². The van der Waals surface area contributed by atoms with Crippen molar-refractivity contribution in [2.75, 3.05) is 39.6 Å². The van der Waals surface area contributed by atoms with Gasteiger partial charge in [-0.15, -0.1) is 0 Å². The van der Waals surface area contributed by atoms with Gasteiger partial charge in [-0.2, -0.15) is 0 Å². The van der Waals surface area contributed by atoms with E-state index in [1.165, 1.54) is 161 Å². The monoisotopic (exact) mass is 1350 g/mol. The first-order chi connectivity index (χ1) is 44.1. The highest BCUT2D eigenvalue weighted by molar-refractivity contribution is 7.47. The maximum Gasteiger partial charge on any atom is 0.472 e. The summed E-state index contributed by atoms with van der Waals surface area (Å²) in [5.74, 6) is 0.862. The van der Waals surface area contributed by atoms with Gasteiger partial charge in [0.1, 0.15) is 19.3 Å². The van der Waals surface area contributed by atoms with Gasteiger partial charge in [0.25, 0.3) is 0 Å². The highest BCUT2D eigenvalue weighted by Crippen LogP contribution is 2.45. The lowest BCUT2D eigenvalue weighted by atomic mass is 10.00. The zero-order valence-corrected chi connectivity index (χ0v) is 62.0. The number of esters is 4. The van der Waals surface area contributed by atoms with Gasteiger partial charge in [-0.1, -0.05) is 312 Å². The molecular weight excluding hydrogens is 1210 g/mol. The molecule has 3 N–H and O–H groups in total. The van der Waals surface area contributed by atoms with Gasteiger partial charge in [-0.3, -0.25) is 37.3 Å². The summed E-state index contributed by atoms with van der Waals surface area (Å²) in [4.78, 5) is 72.6. The Kier molecular flexibility index (Phi) is 61.3. The lowest BCUT2D eigenvalue weighted by molar-refractivity contribution is -0.161. The SMILES string of the molecule is CCC(C)CCCCCCCCC(=O)OC[C@H](COP(=O)(O)OC[C@H](O)COP(=O)(O)OC[C@@H](COC(=O)CCCCCCCCCCCCCCCCCCC(C)C)OC(=O)CCCCCCCCCC(C)C)OC(=O)CCCCCCCCCCCCC(C)C. The molecule has 546 valence electrons. The fourth-order valence-corrected chi connectivity index (χ4v) is 12.6. The molecule has 6 atom stereocenters. The lowest BCUT2D eigenvalue weighted by Crippen LogP contribution is -2.30. The van der Waals surface area contributed by atoms with Crippen molar-refractivity contribution in [2.45, 2.75) is 382 Å². The summed E-state index contributed by atoms with van der Waals surface area (Å²) in [6.45, 7) is 14.1. The molecule has 0 aromatic carbocycles. The summed E-state index contributed by atoms with van der Waals surface area (Å²) in [7, 11) is -9.91. The van der Waals surface area contributed by atoms with Crippen LogP contribution in [0.5, 0.6) is 0 Å². The molecule has 0 heterocycles. The van der Waals surface area contributed by atoms with Crippen LogP contribution in [0.4, 0.5) is 0 Å². The summed E-state index contributed by atoms with van der Waals surface area (Å²) < 4.78 is 68.3. The Morgan fingerprint density at radius 2 is 0.522 bits per heavy atom. The number of carbonyl (C=O) groups is 4. The Balaban J connectivity index is 5.18. The second-order valence-corrected chi connectivity index (χ2v) is 30.9. The number of unbranched alkanes of at least 4 members (excludes halogenated alkanes) is 35. The first-order valence-corrected chi connectivity index (χ1v) is 40.7. The van der Waals surface area contributed by atoms with E-state index in [9.17, 15) is 43.2 Å². The van der Waals surface area contributed by atoms with E-state index in [1.807, 2.05) is 0 Å². The summed E-state index contributed by atoms with van der Waals surface area (Å²) in [6.07, 6.45) is 46.0. The van der Waals surface area contributed by atoms with Crippen LogP contribution in [0, 0.1) is 23.7 Å². The number of rotatable bonds is 70. The molecule has 0 saturated carbocycles. The third-order valence-corrected chi connectivity index (χ3v) is 19.1. The van der Waals surface area contributed by atoms with Crippen molar-refractivity contribution in [1.82, 2.24) is 0 Å². The zero-order chi connectivity index (χ0) is 68.2. The fraction of sp³-hybridized carbons (Fsp3) is 0.945. The van der Waals surface area contributed by atoms with Crippen molar-refractivity contribution < 1.29 is 80.2 Å². The average Bonchev–Trinajstić information content (AvgIpc) is 1.44. The first kappa shape index (κ1) is 90.1. The van der Waals surface area contributed by atoms with Crippen molar-refractivity contribution in [3.05, 3.63) is 0 Å². The maximum absolute atomic E-state index is 13.0. The van der Waals surface area contributed by atoms with Gasteiger partial charge < -0.3 is 33.8 Å². The molecular formula is C73H142O17P2. The summed E-state index contributed by atoms with van der Waals surface area (Å²) >= 11 is 0. The predicted octanol–water partition coefficient (Wildman–Crippen LogP) is 20.9. The topological polar surface area (TPSA) is 237 Å². The third kappa shape index (κ3) is 65.4. The molecule has 0 aromatic heterocycles. The van der Waals surface area contributed by atoms with E-state index >= 15 is 0 Å². The Labute approximate surface area is 562 Å². The second-order valence-electron chi connectivity index (χ2n) is 28.0. The Bertz CT molecular complexity index is 1820. The molecule has 0 fully saturated rings. The average molecular weight is 1350 g/mol. The number of hydrogen-bond donors (Lipinski definition) is 3. The van der Waals surface area contributed by atoms with Crippen LogP contribution >= 0.6 is 15.6 Å². The van der Waals surface area contributed by atoms with Crippen molar-refractivity contribution >= 4 is 39.5 Å². The van der Waals surface area contributed by atoms with E-state index in [1.54, 1.807) is 0 Å². The quantitative estimate of drug-likeness (QED) is 0.0222. The standard InChI is InChI=1S/C73H142O17P2/c1-9-66(8)52-44-36-31-32-38-46-54-71(76)84-60-69(89-72(77)55-47-39-29-23-19-18-21-26-34-42-50-64(4)5)62-88-92(81,82)86-58-67(74)57-85-91(79,80)87-61-68(90-73(78)56-48-40-30-24-27-35-43-51-65(6)7)59-83-70(75)53-45-37-28-22-17-15-13-11-10-12-14-16-20-25-33-41-49-63(2)3/h63-69,74H,9-62H2,1-8H3,(H,79,80)(H,81,82)/t66?,67-,68-,69-/m1/s1. The van der Waals surface area contributed by atoms with Gasteiger partial charge in [-0.05, 0) is 49.4 Å². The van der Waals surface area contributed by atoms with Crippen LogP contribution in [0.2, 0.25) is 0 Å². The predicted molar refractivity (Wildman–Crippen MR) is 372 cm³/mol. The van der Waals surface area contributed by atoms with Crippen LogP contribution in [0.15, 0.2) is 0 Å². The largest absolute Gasteiger partial charge is 0.472 e. The number of phosphoric acid groups is 2. The fourth-order valence-electron chi connectivity index (χ4n) is 11.0. The molecule has 17 nitrogen and oxygen atoms in total. The molecule has 3 unspecified atom stereocenters. The zero-order valence-electron chi connectivity index (χ0n) is 60.2. The molecule has 92 heavy (non-hydrogen) atoms. The minimum Gasteiger partial charge on any atom is -0.462 e. The van der Waals surface area contributed by atoms with Crippen LogP contribution < -0.4 is 0 Å². The van der Waals surface area contributed by atoms with Gasteiger partial charge in [0, 0.05) is 25.7 Å². The second kappa shape index (κ2) is 62.6. The number of hydrogen-bond acceptors (Lipinski definition) is 15. The van der Waals surface area contributed by atoms with Gasteiger partial charge >= 0.3 is 39.5 Å². The molecule has 0 rings (SSSR count). The third-order valence-electron chi connectivity index (χ3n) is 17.2. The Morgan fingerprint density at radius 3 is 0.772 bits per heavy atom. The van der Waals surface area contributed by atoms with Gasteiger partial charge in [0.15, 0.2) is 12.2 Å². The van der Waals surface area contributed by atoms with Gasteiger partial charge in [-0.25, -0.2) is 9.13 Å². The Hall–Kier alpha value is -1.94. The van der Waals surface area contributed by atoms with Crippen LogP contribution in [0.3, 0.4) is 0 Å². The van der Waals surface area contributed by atoms with Crippen molar-refractivity contribution in [3.63, 3.8) is 0 Å². The number of aliphatic hydroxyl groups excluding tert-OH is 1. The summed E-state index contributed by atoms with van der Waals surface area (Å²) in [6, 6.07) is 0. The van der Waals surface area contributed by atoms with E-state index < -0.39 is 97.5 Å². The van der Waals surface area contributed by atoms with Crippen molar-refractivity contribution in [2.24, 2.45) is 23.7 Å². The first-order valence-electron chi connectivity index (χ1n) is 37.7. The number of phosphoric ester groups is 2. The molecule has 0 aromatic rings. The summed E-state index contributed by atoms with van der Waals surface area (Å²) in [5, 5.41) is 10.6. The van der Waals surface area contributed by atoms with Crippen LogP contribution in [0.1, 0.15) is 364 Å². The van der Waals surface area contributed by atoms with E-state index in [0.29, 0.717) is 31.6 Å². The minimum absolute atomic E-state index is 0.103. The highest BCUT2D eigenvalue weighted by atomic mass is 31.2. The van der Waals surface area contributed by atoms with E-state index in [-0.39, 0.29) is 25.7 Å². The summed E-state index contributed by atoms with van der Waals surface area (Å²) in [5.41, 5.74) is 0. The molecule has 0 spiro atoms. The molecule has 0 bridgehead atoms. The van der Waals surface area contributed by atoms with E-state index in [0.717, 1.165) is 114 Å². The maximum atomic E-state index is 13.0. The highest BCUT2D eigenvalue weighted by Gasteiger charge is 2.30. The molecule has 0 aliphatic heterocycles.